The second-order valence-corrected chi connectivity index (χ2v) is 6.86. The maximum Gasteiger partial charge on any atom is 0.411 e. The summed E-state index contributed by atoms with van der Waals surface area (Å²) < 4.78 is 53.4. The van der Waals surface area contributed by atoms with E-state index in [1.54, 1.807) is 30.3 Å². The van der Waals surface area contributed by atoms with Crippen LogP contribution in [0.15, 0.2) is 53.4 Å². The minimum Gasteiger partial charge on any atom is -0.453 e. The average Bonchev–Trinajstić information content (AvgIpc) is 2.61. The summed E-state index contributed by atoms with van der Waals surface area (Å²) in [6, 6.07) is 12.1. The van der Waals surface area contributed by atoms with Crippen molar-refractivity contribution >= 4 is 27.3 Å². The number of amides is 1. The molecule has 0 aliphatic carbocycles. The van der Waals surface area contributed by atoms with Crippen molar-refractivity contribution in [2.24, 2.45) is 0 Å². The first-order chi connectivity index (χ1) is 11.8. The first kappa shape index (κ1) is 18.7. The topological polar surface area (TPSA) is 84.5 Å². The minimum absolute atomic E-state index is 0.0968. The van der Waals surface area contributed by atoms with Gasteiger partial charge in [0.05, 0.1) is 17.7 Å². The van der Waals surface area contributed by atoms with Crippen molar-refractivity contribution in [3.8, 4) is 0 Å². The maximum absolute atomic E-state index is 12.8. The average molecular weight is 370 g/mol. The van der Waals surface area contributed by atoms with E-state index in [4.69, 9.17) is 0 Å². The molecule has 134 valence electrons. The fourth-order valence-corrected chi connectivity index (χ4v) is 2.94. The fourth-order valence-electron chi connectivity index (χ4n) is 2.03. The number of para-hydroxylation sites is 1. The Morgan fingerprint density at radius 3 is 2.36 bits per heavy atom. The molecule has 2 aromatic carbocycles. The third kappa shape index (κ3) is 4.66. The van der Waals surface area contributed by atoms with Crippen LogP contribution in [0.3, 0.4) is 0 Å². The van der Waals surface area contributed by atoms with E-state index in [0.29, 0.717) is 5.69 Å². The number of hydrogen-bond donors (Lipinski definition) is 2. The van der Waals surface area contributed by atoms with Crippen LogP contribution in [0.1, 0.15) is 5.56 Å². The summed E-state index contributed by atoms with van der Waals surface area (Å²) in [5.74, 6) is -3.49. The van der Waals surface area contributed by atoms with Gasteiger partial charge in [-0.05, 0) is 29.8 Å². The second kappa shape index (κ2) is 7.93. The van der Waals surface area contributed by atoms with Crippen LogP contribution in [0.2, 0.25) is 0 Å². The van der Waals surface area contributed by atoms with Crippen molar-refractivity contribution < 1.29 is 26.7 Å². The standard InChI is InChI=1S/C16H16F2N2O4S/c1-24-16(21)20-12-8-6-11(7-9-12)10-19-13-4-2-3-5-14(13)25(22,23)15(17)18/h2-9,15,19H,10H2,1H3,(H,20,21). The molecule has 0 bridgehead atoms. The number of nitrogens with one attached hydrogen (secondary N) is 2. The fraction of sp³-hybridized carbons (Fsp3) is 0.188. The number of sulfone groups is 1. The van der Waals surface area contributed by atoms with Gasteiger partial charge in [-0.15, -0.1) is 0 Å². The van der Waals surface area contributed by atoms with Gasteiger partial charge in [0.1, 0.15) is 0 Å². The van der Waals surface area contributed by atoms with Gasteiger partial charge in [-0.2, -0.15) is 8.78 Å². The number of halogens is 2. The van der Waals surface area contributed by atoms with Gasteiger partial charge in [0, 0.05) is 12.2 Å². The first-order valence-electron chi connectivity index (χ1n) is 7.13. The molecule has 6 nitrogen and oxygen atoms in total. The highest BCUT2D eigenvalue weighted by molar-refractivity contribution is 7.91. The molecule has 0 saturated carbocycles. The molecule has 0 fully saturated rings. The number of anilines is 2. The lowest BCUT2D eigenvalue weighted by atomic mass is 10.2. The van der Waals surface area contributed by atoms with E-state index in [2.05, 4.69) is 15.4 Å². The molecular weight excluding hydrogens is 354 g/mol. The van der Waals surface area contributed by atoms with Crippen molar-refractivity contribution in [1.29, 1.82) is 0 Å². The van der Waals surface area contributed by atoms with Crippen LogP contribution in [0.25, 0.3) is 0 Å². The molecule has 0 spiro atoms. The van der Waals surface area contributed by atoms with Gasteiger partial charge in [0.25, 0.3) is 0 Å². The third-order valence-electron chi connectivity index (χ3n) is 3.30. The highest BCUT2D eigenvalue weighted by Crippen LogP contribution is 2.26. The van der Waals surface area contributed by atoms with Crippen molar-refractivity contribution in [3.05, 3.63) is 54.1 Å². The molecule has 1 amide bonds. The Hall–Kier alpha value is -2.68. The Bertz CT molecular complexity index is 839. The predicted molar refractivity (Wildman–Crippen MR) is 89.4 cm³/mol. The normalized spacial score (nSPS) is 11.2. The van der Waals surface area contributed by atoms with Crippen LogP contribution in [0, 0.1) is 0 Å². The Balaban J connectivity index is 2.11. The summed E-state index contributed by atoms with van der Waals surface area (Å²) in [6.07, 6.45) is -0.600. The first-order valence-corrected chi connectivity index (χ1v) is 8.68. The number of carbonyl (C=O) groups excluding carboxylic acids is 1. The zero-order valence-electron chi connectivity index (χ0n) is 13.2. The summed E-state index contributed by atoms with van der Waals surface area (Å²) >= 11 is 0. The zero-order chi connectivity index (χ0) is 18.4. The molecule has 0 saturated heterocycles. The second-order valence-electron chi connectivity index (χ2n) is 4.97. The van der Waals surface area contributed by atoms with Gasteiger partial charge >= 0.3 is 11.9 Å². The lowest BCUT2D eigenvalue weighted by molar-refractivity contribution is 0.187. The van der Waals surface area contributed by atoms with Crippen LogP contribution >= 0.6 is 0 Å². The monoisotopic (exact) mass is 370 g/mol. The lowest BCUT2D eigenvalue weighted by Crippen LogP contribution is -2.14. The van der Waals surface area contributed by atoms with Crippen molar-refractivity contribution in [3.63, 3.8) is 0 Å². The van der Waals surface area contributed by atoms with E-state index in [0.717, 1.165) is 11.6 Å². The van der Waals surface area contributed by atoms with Gasteiger partial charge in [-0.3, -0.25) is 5.32 Å². The summed E-state index contributed by atoms with van der Waals surface area (Å²) in [4.78, 5) is 10.6. The van der Waals surface area contributed by atoms with Gasteiger partial charge in [-0.25, -0.2) is 13.2 Å². The lowest BCUT2D eigenvalue weighted by Gasteiger charge is -2.12. The number of benzene rings is 2. The van der Waals surface area contributed by atoms with Crippen LogP contribution in [0.4, 0.5) is 25.0 Å². The largest absolute Gasteiger partial charge is 0.453 e. The van der Waals surface area contributed by atoms with Gasteiger partial charge in [-0.1, -0.05) is 24.3 Å². The molecule has 0 aliphatic rings. The van der Waals surface area contributed by atoms with Crippen LogP contribution in [-0.2, 0) is 21.1 Å². The highest BCUT2D eigenvalue weighted by atomic mass is 32.2. The molecule has 0 unspecified atom stereocenters. The summed E-state index contributed by atoms with van der Waals surface area (Å²) in [5.41, 5.74) is 1.38. The molecule has 2 N–H and O–H groups in total. The molecule has 2 rings (SSSR count). The minimum atomic E-state index is -4.69. The van der Waals surface area contributed by atoms with Crippen LogP contribution in [-0.4, -0.2) is 27.4 Å². The van der Waals surface area contributed by atoms with E-state index < -0.39 is 26.6 Å². The molecular formula is C16H16F2N2O4S. The number of ether oxygens (including phenoxy) is 1. The van der Waals surface area contributed by atoms with E-state index >= 15 is 0 Å². The Morgan fingerprint density at radius 1 is 1.12 bits per heavy atom. The smallest absolute Gasteiger partial charge is 0.411 e. The van der Waals surface area contributed by atoms with E-state index in [9.17, 15) is 22.0 Å². The molecule has 0 radical (unpaired) electrons. The summed E-state index contributed by atoms with van der Waals surface area (Å²) in [6.45, 7) is 0.217. The van der Waals surface area contributed by atoms with Gasteiger partial charge in [0.15, 0.2) is 0 Å². The van der Waals surface area contributed by atoms with Crippen molar-refractivity contribution in [2.45, 2.75) is 17.2 Å². The molecule has 2 aromatic rings. The van der Waals surface area contributed by atoms with Crippen LogP contribution < -0.4 is 10.6 Å². The Kier molecular flexibility index (Phi) is 5.92. The molecule has 9 heteroatoms. The quantitative estimate of drug-likeness (QED) is 0.813. The number of hydrogen-bond acceptors (Lipinski definition) is 5. The van der Waals surface area contributed by atoms with Crippen LogP contribution in [0.5, 0.6) is 0 Å². The maximum atomic E-state index is 12.8. The molecule has 25 heavy (non-hydrogen) atoms. The third-order valence-corrected chi connectivity index (χ3v) is 4.74. The summed E-state index contributed by atoms with van der Waals surface area (Å²) in [7, 11) is -3.44. The zero-order valence-corrected chi connectivity index (χ0v) is 14.0. The van der Waals surface area contributed by atoms with Gasteiger partial charge in [0.2, 0.25) is 9.84 Å². The SMILES string of the molecule is COC(=O)Nc1ccc(CNc2ccccc2S(=O)(=O)C(F)F)cc1. The van der Waals surface area contributed by atoms with Crippen molar-refractivity contribution in [2.75, 3.05) is 17.7 Å². The van der Waals surface area contributed by atoms with Gasteiger partial charge < -0.3 is 10.1 Å². The Morgan fingerprint density at radius 2 is 1.76 bits per heavy atom. The van der Waals surface area contributed by atoms with E-state index in [1.807, 2.05) is 0 Å². The van der Waals surface area contributed by atoms with Crippen molar-refractivity contribution in [1.82, 2.24) is 0 Å². The predicted octanol–water partition coefficient (Wildman–Crippen LogP) is 3.47. The summed E-state index contributed by atoms with van der Waals surface area (Å²) in [5, 5.41) is 5.33. The van der Waals surface area contributed by atoms with E-state index in [-0.39, 0.29) is 12.2 Å². The van der Waals surface area contributed by atoms with E-state index in [1.165, 1.54) is 19.2 Å². The number of carbonyl (C=O) groups is 1. The highest BCUT2D eigenvalue weighted by Gasteiger charge is 2.28. The number of rotatable bonds is 6. The molecule has 0 aliphatic heterocycles. The molecule has 0 heterocycles. The molecule has 0 atom stereocenters. The number of alkyl halides is 2. The Labute approximate surface area is 143 Å². The molecule has 0 aromatic heterocycles. The number of methoxy groups -OCH3 is 1.